The fourth-order valence-corrected chi connectivity index (χ4v) is 4.19. The molecule has 1 saturated heterocycles. The van der Waals surface area contributed by atoms with E-state index in [4.69, 9.17) is 4.98 Å². The molecule has 0 atom stereocenters. The quantitative estimate of drug-likeness (QED) is 0.532. The molecule has 1 N–H and O–H groups in total. The molecular weight excluding hydrogens is 392 g/mol. The van der Waals surface area contributed by atoms with E-state index >= 15 is 0 Å². The van der Waals surface area contributed by atoms with Gasteiger partial charge in [-0.3, -0.25) is 9.69 Å². The van der Waals surface area contributed by atoms with Crippen LogP contribution in [-0.4, -0.2) is 60.4 Å². The summed E-state index contributed by atoms with van der Waals surface area (Å²) in [5.41, 5.74) is 4.74. The molecule has 0 amide bonds. The molecule has 1 aliphatic rings. The van der Waals surface area contributed by atoms with Crippen LogP contribution < -0.4 is 10.5 Å². The molecule has 0 radical (unpaired) electrons. The van der Waals surface area contributed by atoms with Crippen molar-refractivity contribution >= 4 is 11.3 Å². The van der Waals surface area contributed by atoms with Gasteiger partial charge in [0.05, 0.1) is 17.6 Å². The highest BCUT2D eigenvalue weighted by atomic mass is 16.1. The second-order valence-electron chi connectivity index (χ2n) is 7.91. The number of piperazine rings is 1. The van der Waals surface area contributed by atoms with Crippen LogP contribution in [0.5, 0.6) is 0 Å². The Labute approximate surface area is 179 Å². The van der Waals surface area contributed by atoms with Gasteiger partial charge in [0.2, 0.25) is 0 Å². The van der Waals surface area contributed by atoms with E-state index in [1.165, 1.54) is 5.69 Å². The fourth-order valence-electron chi connectivity index (χ4n) is 4.19. The van der Waals surface area contributed by atoms with Crippen molar-refractivity contribution in [3.8, 4) is 5.82 Å². The average Bonchev–Trinajstić information content (AvgIpc) is 3.45. The van der Waals surface area contributed by atoms with E-state index in [0.717, 1.165) is 61.0 Å². The van der Waals surface area contributed by atoms with Crippen molar-refractivity contribution in [2.24, 2.45) is 0 Å². The maximum Gasteiger partial charge on any atom is 0.254 e. The number of aromatic nitrogens is 6. The zero-order valence-electron chi connectivity index (χ0n) is 17.8. The van der Waals surface area contributed by atoms with Gasteiger partial charge in [-0.15, -0.1) is 0 Å². The first-order chi connectivity index (χ1) is 15.1. The van der Waals surface area contributed by atoms with Crippen molar-refractivity contribution in [1.82, 2.24) is 34.3 Å². The summed E-state index contributed by atoms with van der Waals surface area (Å²) in [6.45, 7) is 8.54. The summed E-state index contributed by atoms with van der Waals surface area (Å²) in [7, 11) is 0. The largest absolute Gasteiger partial charge is 0.368 e. The first-order valence-electron chi connectivity index (χ1n) is 10.7. The molecule has 0 spiro atoms. The second-order valence-corrected chi connectivity index (χ2v) is 7.91. The molecule has 0 bridgehead atoms. The Morgan fingerprint density at radius 3 is 2.65 bits per heavy atom. The van der Waals surface area contributed by atoms with Crippen molar-refractivity contribution in [3.63, 3.8) is 0 Å². The van der Waals surface area contributed by atoms with E-state index in [2.05, 4.69) is 38.0 Å². The van der Waals surface area contributed by atoms with Crippen molar-refractivity contribution in [3.05, 3.63) is 70.2 Å². The monoisotopic (exact) mass is 418 g/mol. The van der Waals surface area contributed by atoms with Crippen LogP contribution in [0.15, 0.2) is 47.8 Å². The van der Waals surface area contributed by atoms with Gasteiger partial charge >= 0.3 is 0 Å². The molecule has 160 valence electrons. The van der Waals surface area contributed by atoms with E-state index in [1.807, 2.05) is 37.6 Å². The summed E-state index contributed by atoms with van der Waals surface area (Å²) in [6.07, 6.45) is 8.04. The van der Waals surface area contributed by atoms with Crippen LogP contribution in [0.2, 0.25) is 0 Å². The predicted molar refractivity (Wildman–Crippen MR) is 119 cm³/mol. The van der Waals surface area contributed by atoms with Crippen molar-refractivity contribution in [2.45, 2.75) is 26.8 Å². The number of rotatable bonds is 5. The number of hydrogen-bond donors (Lipinski definition) is 1. The number of aromatic amines is 1. The molecule has 31 heavy (non-hydrogen) atoms. The minimum atomic E-state index is -0.0249. The van der Waals surface area contributed by atoms with Crippen molar-refractivity contribution < 1.29 is 0 Å². The maximum absolute atomic E-state index is 12.2. The van der Waals surface area contributed by atoms with Gasteiger partial charge in [0.25, 0.3) is 5.56 Å². The summed E-state index contributed by atoms with van der Waals surface area (Å²) in [6, 6.07) is 6.05. The van der Waals surface area contributed by atoms with Gasteiger partial charge in [0.15, 0.2) is 5.82 Å². The predicted octanol–water partition coefficient (Wildman–Crippen LogP) is 1.80. The molecule has 1 aliphatic heterocycles. The van der Waals surface area contributed by atoms with Crippen LogP contribution in [0.3, 0.4) is 0 Å². The molecule has 9 nitrogen and oxygen atoms in total. The number of pyridine rings is 1. The summed E-state index contributed by atoms with van der Waals surface area (Å²) >= 11 is 0. The third-order valence-electron chi connectivity index (χ3n) is 5.94. The van der Waals surface area contributed by atoms with Gasteiger partial charge in [0, 0.05) is 62.4 Å². The molecule has 1 fully saturated rings. The van der Waals surface area contributed by atoms with Gasteiger partial charge in [-0.2, -0.15) is 10.2 Å². The molecule has 9 heteroatoms. The molecule has 5 rings (SSSR count). The SMILES string of the molecule is CCc1cn2ncc(CN3CCN(c4ccc(-n5cccn5)nc4C)CC3)c2[nH]c1=O. The smallest absolute Gasteiger partial charge is 0.254 e. The highest BCUT2D eigenvalue weighted by Gasteiger charge is 2.21. The summed E-state index contributed by atoms with van der Waals surface area (Å²) in [4.78, 5) is 24.7. The number of nitrogens with one attached hydrogen (secondary N) is 1. The lowest BCUT2D eigenvalue weighted by Crippen LogP contribution is -2.46. The Hall–Kier alpha value is -3.46. The molecule has 0 aliphatic carbocycles. The number of aryl methyl sites for hydroxylation is 2. The minimum absolute atomic E-state index is 0.0249. The lowest BCUT2D eigenvalue weighted by atomic mass is 10.2. The standard InChI is InChI=1S/C22H26N8O/c1-3-17-15-30-21(26-22(17)31)18(13-24-30)14-27-9-11-28(12-10-27)19-5-6-20(25-16(19)2)29-8-4-7-23-29/h4-8,13,15H,3,9-12,14H2,1-2H3,(H,26,31). The zero-order valence-corrected chi connectivity index (χ0v) is 17.8. The molecule has 0 aromatic carbocycles. The topological polar surface area (TPSA) is 87.3 Å². The van der Waals surface area contributed by atoms with Gasteiger partial charge in [0.1, 0.15) is 5.65 Å². The first kappa shape index (κ1) is 19.5. The normalized spacial score (nSPS) is 15.1. The van der Waals surface area contributed by atoms with E-state index < -0.39 is 0 Å². The average molecular weight is 419 g/mol. The lowest BCUT2D eigenvalue weighted by molar-refractivity contribution is 0.250. The van der Waals surface area contributed by atoms with E-state index in [1.54, 1.807) is 15.4 Å². The second kappa shape index (κ2) is 7.99. The van der Waals surface area contributed by atoms with E-state index in [-0.39, 0.29) is 5.56 Å². The Bertz CT molecular complexity index is 1250. The number of H-pyrrole nitrogens is 1. The van der Waals surface area contributed by atoms with Crippen LogP contribution in [0, 0.1) is 6.92 Å². The summed E-state index contributed by atoms with van der Waals surface area (Å²) in [5.74, 6) is 0.832. The van der Waals surface area contributed by atoms with Gasteiger partial charge < -0.3 is 9.88 Å². The van der Waals surface area contributed by atoms with Crippen LogP contribution >= 0.6 is 0 Å². The minimum Gasteiger partial charge on any atom is -0.368 e. The molecule has 5 heterocycles. The third-order valence-corrected chi connectivity index (χ3v) is 5.94. The van der Waals surface area contributed by atoms with E-state index in [9.17, 15) is 4.79 Å². The highest BCUT2D eigenvalue weighted by molar-refractivity contribution is 5.53. The summed E-state index contributed by atoms with van der Waals surface area (Å²) in [5, 5.41) is 8.69. The number of fused-ring (bicyclic) bond motifs is 1. The lowest BCUT2D eigenvalue weighted by Gasteiger charge is -2.36. The van der Waals surface area contributed by atoms with Crippen molar-refractivity contribution in [2.75, 3.05) is 31.1 Å². The van der Waals surface area contributed by atoms with Crippen LogP contribution in [0.4, 0.5) is 5.69 Å². The zero-order chi connectivity index (χ0) is 21.4. The van der Waals surface area contributed by atoms with E-state index in [0.29, 0.717) is 6.42 Å². The van der Waals surface area contributed by atoms with Gasteiger partial charge in [-0.1, -0.05) is 6.92 Å². The Morgan fingerprint density at radius 1 is 1.10 bits per heavy atom. The number of anilines is 1. The van der Waals surface area contributed by atoms with Gasteiger partial charge in [-0.25, -0.2) is 14.2 Å². The number of hydrogen-bond acceptors (Lipinski definition) is 6. The Balaban J connectivity index is 1.26. The fraction of sp³-hybridized carbons (Fsp3) is 0.364. The van der Waals surface area contributed by atoms with Crippen molar-refractivity contribution in [1.29, 1.82) is 0 Å². The molecule has 4 aromatic heterocycles. The van der Waals surface area contributed by atoms with Crippen LogP contribution in [-0.2, 0) is 13.0 Å². The molecule has 0 saturated carbocycles. The summed E-state index contributed by atoms with van der Waals surface area (Å²) < 4.78 is 3.56. The molecular formula is C22H26N8O. The van der Waals surface area contributed by atoms with Gasteiger partial charge in [-0.05, 0) is 31.5 Å². The van der Waals surface area contributed by atoms with Crippen LogP contribution in [0.1, 0.15) is 23.7 Å². The third kappa shape index (κ3) is 3.72. The molecule has 0 unspecified atom stereocenters. The highest BCUT2D eigenvalue weighted by Crippen LogP contribution is 2.22. The molecule has 4 aromatic rings. The van der Waals surface area contributed by atoms with Crippen LogP contribution in [0.25, 0.3) is 11.5 Å². The number of nitrogens with zero attached hydrogens (tertiary/aromatic N) is 7. The Kier molecular flexibility index (Phi) is 5.03. The Morgan fingerprint density at radius 2 is 1.94 bits per heavy atom. The maximum atomic E-state index is 12.2. The first-order valence-corrected chi connectivity index (χ1v) is 10.7.